The molecule has 0 radical (unpaired) electrons. The van der Waals surface area contributed by atoms with Crippen molar-refractivity contribution in [2.75, 3.05) is 14.1 Å². The number of aromatic amines is 1. The van der Waals surface area contributed by atoms with Crippen LogP contribution >= 0.6 is 15.9 Å². The molecule has 1 N–H and O–H groups in total. The summed E-state index contributed by atoms with van der Waals surface area (Å²) >= 11 is 3.10. The number of rotatable bonds is 3. The van der Waals surface area contributed by atoms with Crippen LogP contribution in [0.2, 0.25) is 0 Å². The zero-order valence-electron chi connectivity index (χ0n) is 9.37. The molecule has 0 aliphatic rings. The average Bonchev–Trinajstić information content (AvgIpc) is 2.18. The van der Waals surface area contributed by atoms with Gasteiger partial charge >= 0.3 is 0 Å². The van der Waals surface area contributed by atoms with Crippen molar-refractivity contribution in [2.45, 2.75) is 6.92 Å². The van der Waals surface area contributed by atoms with E-state index in [0.717, 1.165) is 0 Å². The molecule has 1 aromatic rings. The first-order valence-corrected chi connectivity index (χ1v) is 5.49. The van der Waals surface area contributed by atoms with E-state index in [1.807, 2.05) is 19.0 Å². The van der Waals surface area contributed by atoms with Crippen LogP contribution in [0.3, 0.4) is 0 Å². The molecular weight excluding hydrogens is 272 g/mol. The summed E-state index contributed by atoms with van der Waals surface area (Å²) in [6.07, 6.45) is 3.47. The second-order valence-electron chi connectivity index (χ2n) is 3.61. The predicted octanol–water partition coefficient (Wildman–Crippen LogP) is 1.87. The van der Waals surface area contributed by atoms with E-state index < -0.39 is 0 Å². The van der Waals surface area contributed by atoms with E-state index in [9.17, 15) is 9.59 Å². The van der Waals surface area contributed by atoms with Gasteiger partial charge in [0.15, 0.2) is 5.78 Å². The van der Waals surface area contributed by atoms with Crippen molar-refractivity contribution in [3.05, 3.63) is 38.4 Å². The van der Waals surface area contributed by atoms with Crippen LogP contribution in [0.4, 0.5) is 0 Å². The van der Waals surface area contributed by atoms with E-state index >= 15 is 0 Å². The lowest BCUT2D eigenvalue weighted by Gasteiger charge is -2.06. The van der Waals surface area contributed by atoms with E-state index in [4.69, 9.17) is 0 Å². The maximum absolute atomic E-state index is 11.4. The third-order valence-corrected chi connectivity index (χ3v) is 2.53. The van der Waals surface area contributed by atoms with Crippen LogP contribution in [0.15, 0.2) is 21.5 Å². The molecule has 0 spiro atoms. The van der Waals surface area contributed by atoms with Gasteiger partial charge in [0.1, 0.15) is 0 Å². The van der Waals surface area contributed by atoms with Crippen LogP contribution < -0.4 is 5.56 Å². The minimum absolute atomic E-state index is 0.0876. The molecule has 0 amide bonds. The quantitative estimate of drug-likeness (QED) is 0.863. The van der Waals surface area contributed by atoms with Gasteiger partial charge in [0.25, 0.3) is 5.56 Å². The third-order valence-electron chi connectivity index (χ3n) is 1.94. The molecule has 4 nitrogen and oxygen atoms in total. The molecule has 0 unspecified atom stereocenters. The van der Waals surface area contributed by atoms with Gasteiger partial charge in [0.2, 0.25) is 0 Å². The summed E-state index contributed by atoms with van der Waals surface area (Å²) in [5.41, 5.74) is 0.766. The number of Topliss-reactive ketones (excluding diaryl/α,β-unsaturated/α-hetero) is 1. The van der Waals surface area contributed by atoms with E-state index in [0.29, 0.717) is 15.7 Å². The van der Waals surface area contributed by atoms with Crippen LogP contribution in [0.1, 0.15) is 23.0 Å². The average molecular weight is 285 g/mol. The number of hydrogen-bond donors (Lipinski definition) is 1. The summed E-state index contributed by atoms with van der Waals surface area (Å²) in [5.74, 6) is -0.0876. The highest BCUT2D eigenvalue weighted by atomic mass is 79.9. The van der Waals surface area contributed by atoms with E-state index in [-0.39, 0.29) is 11.3 Å². The summed E-state index contributed by atoms with van der Waals surface area (Å²) in [6.45, 7) is 1.47. The van der Waals surface area contributed by atoms with Gasteiger partial charge in [-0.15, -0.1) is 0 Å². The summed E-state index contributed by atoms with van der Waals surface area (Å²) in [5, 5.41) is 0. The molecule has 0 aromatic carbocycles. The molecule has 1 heterocycles. The van der Waals surface area contributed by atoms with Crippen molar-refractivity contribution in [2.24, 2.45) is 0 Å². The molecule has 0 atom stereocenters. The number of aromatic nitrogens is 1. The lowest BCUT2D eigenvalue weighted by molar-refractivity contribution is 0.101. The van der Waals surface area contributed by atoms with Crippen molar-refractivity contribution < 1.29 is 4.79 Å². The molecule has 1 aromatic heterocycles. The fraction of sp³-hybridized carbons (Fsp3) is 0.273. The number of nitrogens with zero attached hydrogens (tertiary/aromatic N) is 1. The first-order valence-electron chi connectivity index (χ1n) is 4.70. The normalized spacial score (nSPS) is 10.8. The highest BCUT2D eigenvalue weighted by molar-refractivity contribution is 9.10. The molecule has 0 saturated carbocycles. The third kappa shape index (κ3) is 3.06. The Kier molecular flexibility index (Phi) is 4.06. The maximum Gasteiger partial charge on any atom is 0.262 e. The van der Waals surface area contributed by atoms with Crippen molar-refractivity contribution in [1.29, 1.82) is 0 Å². The monoisotopic (exact) mass is 284 g/mol. The molecule has 0 aliphatic heterocycles. The van der Waals surface area contributed by atoms with Gasteiger partial charge in [0.05, 0.1) is 10.2 Å². The molecule has 0 aliphatic carbocycles. The summed E-state index contributed by atoms with van der Waals surface area (Å²) in [4.78, 5) is 27.2. The standard InChI is InChI=1S/C11H13BrN2O2/c1-7(15)8-6-9(12)11(16)13-10(8)4-5-14(2)3/h4-6H,1-3H3,(H,13,16). The number of nitrogens with one attached hydrogen (secondary N) is 1. The summed E-state index contributed by atoms with van der Waals surface area (Å²) in [6, 6.07) is 1.54. The largest absolute Gasteiger partial charge is 0.383 e. The van der Waals surface area contributed by atoms with Crippen molar-refractivity contribution >= 4 is 27.8 Å². The van der Waals surface area contributed by atoms with Gasteiger partial charge < -0.3 is 9.88 Å². The highest BCUT2D eigenvalue weighted by Crippen LogP contribution is 2.12. The minimum atomic E-state index is -0.247. The second kappa shape index (κ2) is 5.12. The molecule has 16 heavy (non-hydrogen) atoms. The van der Waals surface area contributed by atoms with Gasteiger partial charge in [-0.1, -0.05) is 0 Å². The van der Waals surface area contributed by atoms with Crippen LogP contribution in [0.5, 0.6) is 0 Å². The Labute approximate surface area is 102 Å². The lowest BCUT2D eigenvalue weighted by atomic mass is 10.1. The van der Waals surface area contributed by atoms with Gasteiger partial charge in [-0.2, -0.15) is 0 Å². The minimum Gasteiger partial charge on any atom is -0.383 e. The Balaban J connectivity index is 3.31. The SMILES string of the molecule is CC(=O)c1cc(Br)c(=O)[nH]c1C=CN(C)C. The van der Waals surface area contributed by atoms with Crippen LogP contribution in [-0.4, -0.2) is 29.8 Å². The van der Waals surface area contributed by atoms with Gasteiger partial charge in [-0.3, -0.25) is 9.59 Å². The molecule has 5 heteroatoms. The summed E-state index contributed by atoms with van der Waals surface area (Å²) in [7, 11) is 3.72. The Morgan fingerprint density at radius 1 is 1.50 bits per heavy atom. The number of carbonyl (C=O) groups excluding carboxylic acids is 1. The second-order valence-corrected chi connectivity index (χ2v) is 4.46. The predicted molar refractivity (Wildman–Crippen MR) is 67.5 cm³/mol. The zero-order chi connectivity index (χ0) is 12.3. The van der Waals surface area contributed by atoms with E-state index in [1.54, 1.807) is 12.3 Å². The smallest absolute Gasteiger partial charge is 0.262 e. The Hall–Kier alpha value is -1.36. The number of H-pyrrole nitrogens is 1. The molecule has 0 bridgehead atoms. The molecular formula is C11H13BrN2O2. The topological polar surface area (TPSA) is 53.2 Å². The molecule has 0 saturated heterocycles. The van der Waals surface area contributed by atoms with E-state index in [2.05, 4.69) is 20.9 Å². The van der Waals surface area contributed by atoms with Crippen LogP contribution in [0.25, 0.3) is 6.08 Å². The highest BCUT2D eigenvalue weighted by Gasteiger charge is 2.08. The Morgan fingerprint density at radius 2 is 2.12 bits per heavy atom. The first kappa shape index (κ1) is 12.7. The van der Waals surface area contributed by atoms with Crippen LogP contribution in [0, 0.1) is 0 Å². The van der Waals surface area contributed by atoms with E-state index in [1.165, 1.54) is 13.0 Å². The van der Waals surface area contributed by atoms with Gasteiger partial charge in [-0.05, 0) is 35.0 Å². The number of hydrogen-bond acceptors (Lipinski definition) is 3. The van der Waals surface area contributed by atoms with Crippen molar-refractivity contribution in [3.63, 3.8) is 0 Å². The van der Waals surface area contributed by atoms with Crippen molar-refractivity contribution in [1.82, 2.24) is 9.88 Å². The summed E-state index contributed by atoms with van der Waals surface area (Å²) < 4.78 is 0.361. The molecule has 0 fully saturated rings. The van der Waals surface area contributed by atoms with Crippen LogP contribution in [-0.2, 0) is 0 Å². The molecule has 1 rings (SSSR count). The van der Waals surface area contributed by atoms with Crippen molar-refractivity contribution in [3.8, 4) is 0 Å². The number of pyridine rings is 1. The fourth-order valence-electron chi connectivity index (χ4n) is 1.17. The van der Waals surface area contributed by atoms with Gasteiger partial charge in [0, 0.05) is 25.9 Å². The number of halogens is 1. The number of ketones is 1. The Morgan fingerprint density at radius 3 is 2.62 bits per heavy atom. The lowest BCUT2D eigenvalue weighted by Crippen LogP contribution is -2.12. The fourth-order valence-corrected chi connectivity index (χ4v) is 1.49. The van der Waals surface area contributed by atoms with Gasteiger partial charge in [-0.25, -0.2) is 0 Å². The molecule has 86 valence electrons. The zero-order valence-corrected chi connectivity index (χ0v) is 11.0. The Bertz CT molecular complexity index is 489. The first-order chi connectivity index (χ1) is 7.41. The number of carbonyl (C=O) groups is 1. The maximum atomic E-state index is 11.4.